The van der Waals surface area contributed by atoms with E-state index in [2.05, 4.69) is 5.32 Å². The van der Waals surface area contributed by atoms with Gasteiger partial charge in [0.05, 0.1) is 11.4 Å². The molecule has 28 heavy (non-hydrogen) atoms. The minimum Gasteiger partial charge on any atom is -0.347 e. The summed E-state index contributed by atoms with van der Waals surface area (Å²) in [6.45, 7) is -0.490. The standard InChI is InChI=1S/C16H21F3N4O4S/c17-16(18,19)10-21-15(25)11-5-7-23(8-6-11)9-14(24)22-12-1-3-13(4-2-12)28(20,26)27/h1-4,11H,5-10H2,(H,21,25)(H,22,24)(H2,20,26,27). The van der Waals surface area contributed by atoms with Crippen molar-refractivity contribution in [2.45, 2.75) is 23.9 Å². The van der Waals surface area contributed by atoms with Crippen molar-refractivity contribution in [3.05, 3.63) is 24.3 Å². The van der Waals surface area contributed by atoms with Gasteiger partial charge in [0.25, 0.3) is 0 Å². The van der Waals surface area contributed by atoms with Gasteiger partial charge in [-0.1, -0.05) is 0 Å². The Morgan fingerprint density at radius 3 is 2.21 bits per heavy atom. The maximum Gasteiger partial charge on any atom is 0.405 e. The third-order valence-electron chi connectivity index (χ3n) is 4.26. The summed E-state index contributed by atoms with van der Waals surface area (Å²) in [5.41, 5.74) is 0.402. The number of primary sulfonamides is 1. The monoisotopic (exact) mass is 422 g/mol. The molecule has 2 rings (SSSR count). The Morgan fingerprint density at radius 2 is 1.71 bits per heavy atom. The molecule has 0 atom stereocenters. The van der Waals surface area contributed by atoms with Gasteiger partial charge in [-0.3, -0.25) is 14.5 Å². The van der Waals surface area contributed by atoms with Crippen LogP contribution in [0.1, 0.15) is 12.8 Å². The third-order valence-corrected chi connectivity index (χ3v) is 5.18. The van der Waals surface area contributed by atoms with Crippen LogP contribution in [0.4, 0.5) is 18.9 Å². The maximum atomic E-state index is 12.1. The summed E-state index contributed by atoms with van der Waals surface area (Å²) in [5, 5.41) is 9.50. The number of nitrogens with two attached hydrogens (primary N) is 1. The number of halogens is 3. The summed E-state index contributed by atoms with van der Waals surface area (Å²) >= 11 is 0. The van der Waals surface area contributed by atoms with Crippen LogP contribution in [0, 0.1) is 5.92 Å². The molecule has 0 spiro atoms. The van der Waals surface area contributed by atoms with Crippen molar-refractivity contribution in [2.24, 2.45) is 11.1 Å². The highest BCUT2D eigenvalue weighted by atomic mass is 32.2. The molecule has 0 bridgehead atoms. The van der Waals surface area contributed by atoms with E-state index in [0.29, 0.717) is 31.6 Å². The van der Waals surface area contributed by atoms with Crippen molar-refractivity contribution in [2.75, 3.05) is 31.5 Å². The number of likely N-dealkylation sites (tertiary alicyclic amines) is 1. The number of hydrogen-bond donors (Lipinski definition) is 3. The number of carbonyl (C=O) groups is 2. The lowest BCUT2D eigenvalue weighted by molar-refractivity contribution is -0.141. The minimum atomic E-state index is -4.44. The Bertz CT molecular complexity index is 804. The molecule has 0 radical (unpaired) electrons. The minimum absolute atomic E-state index is 0.0494. The lowest BCUT2D eigenvalue weighted by Crippen LogP contribution is -2.44. The molecule has 0 aromatic heterocycles. The van der Waals surface area contributed by atoms with Gasteiger partial charge in [-0.25, -0.2) is 13.6 Å². The van der Waals surface area contributed by atoms with Crippen LogP contribution in [0.15, 0.2) is 29.2 Å². The average molecular weight is 422 g/mol. The number of nitrogens with zero attached hydrogens (tertiary/aromatic N) is 1. The molecule has 1 aromatic rings. The number of anilines is 1. The molecule has 4 N–H and O–H groups in total. The average Bonchev–Trinajstić information content (AvgIpc) is 2.59. The van der Waals surface area contributed by atoms with E-state index in [1.807, 2.05) is 5.32 Å². The summed E-state index contributed by atoms with van der Waals surface area (Å²) in [6.07, 6.45) is -3.72. The van der Waals surface area contributed by atoms with Crippen LogP contribution in [0.25, 0.3) is 0 Å². The van der Waals surface area contributed by atoms with Crippen LogP contribution in [0.5, 0.6) is 0 Å². The van der Waals surface area contributed by atoms with E-state index in [4.69, 9.17) is 5.14 Å². The first-order valence-electron chi connectivity index (χ1n) is 8.43. The lowest BCUT2D eigenvalue weighted by Gasteiger charge is -2.30. The van der Waals surface area contributed by atoms with Crippen molar-refractivity contribution in [3.8, 4) is 0 Å². The largest absolute Gasteiger partial charge is 0.405 e. The number of sulfonamides is 1. The lowest BCUT2D eigenvalue weighted by atomic mass is 9.96. The van der Waals surface area contributed by atoms with E-state index < -0.39 is 34.6 Å². The second-order valence-corrected chi connectivity index (χ2v) is 8.06. The molecule has 1 aromatic carbocycles. The Labute approximate surface area is 160 Å². The van der Waals surface area contributed by atoms with Crippen molar-refractivity contribution in [1.29, 1.82) is 0 Å². The van der Waals surface area contributed by atoms with Crippen LogP contribution in [0.3, 0.4) is 0 Å². The number of nitrogens with one attached hydrogen (secondary N) is 2. The van der Waals surface area contributed by atoms with Crippen LogP contribution in [0.2, 0.25) is 0 Å². The molecule has 1 aliphatic heterocycles. The van der Waals surface area contributed by atoms with Crippen LogP contribution in [-0.2, 0) is 19.6 Å². The fraction of sp³-hybridized carbons (Fsp3) is 0.500. The Balaban J connectivity index is 1.76. The molecule has 8 nitrogen and oxygen atoms in total. The highest BCUT2D eigenvalue weighted by Gasteiger charge is 2.31. The molecule has 12 heteroatoms. The molecule has 156 valence electrons. The van der Waals surface area contributed by atoms with E-state index in [0.717, 1.165) is 0 Å². The van der Waals surface area contributed by atoms with Crippen molar-refractivity contribution in [3.63, 3.8) is 0 Å². The zero-order chi connectivity index (χ0) is 20.9. The second kappa shape index (κ2) is 8.88. The molecule has 0 aliphatic carbocycles. The second-order valence-electron chi connectivity index (χ2n) is 6.50. The number of hydrogen-bond acceptors (Lipinski definition) is 5. The Morgan fingerprint density at radius 1 is 1.14 bits per heavy atom. The van der Waals surface area contributed by atoms with Gasteiger partial charge >= 0.3 is 6.18 Å². The van der Waals surface area contributed by atoms with Gasteiger partial charge in [-0.15, -0.1) is 0 Å². The fourth-order valence-corrected chi connectivity index (χ4v) is 3.33. The zero-order valence-corrected chi connectivity index (χ0v) is 15.6. The smallest absolute Gasteiger partial charge is 0.347 e. The number of rotatable bonds is 6. The van der Waals surface area contributed by atoms with Crippen LogP contribution < -0.4 is 15.8 Å². The summed E-state index contributed by atoms with van der Waals surface area (Å²) in [4.78, 5) is 25.6. The molecule has 0 saturated carbocycles. The van der Waals surface area contributed by atoms with Crippen LogP contribution in [-0.4, -0.2) is 57.5 Å². The van der Waals surface area contributed by atoms with E-state index in [9.17, 15) is 31.2 Å². The maximum absolute atomic E-state index is 12.1. The van der Waals surface area contributed by atoms with E-state index in [-0.39, 0.29) is 17.3 Å². The predicted octanol–water partition coefficient (Wildman–Crippen LogP) is 0.663. The summed E-state index contributed by atoms with van der Waals surface area (Å²) in [6, 6.07) is 5.37. The van der Waals surface area contributed by atoms with Gasteiger partial charge in [0.2, 0.25) is 21.8 Å². The topological polar surface area (TPSA) is 122 Å². The highest BCUT2D eigenvalue weighted by Crippen LogP contribution is 2.19. The predicted molar refractivity (Wildman–Crippen MR) is 94.7 cm³/mol. The van der Waals surface area contributed by atoms with Gasteiger partial charge in [-0.05, 0) is 50.2 Å². The summed E-state index contributed by atoms with van der Waals surface area (Å²) in [7, 11) is -3.81. The fourth-order valence-electron chi connectivity index (χ4n) is 2.82. The van der Waals surface area contributed by atoms with Gasteiger partial charge in [0.15, 0.2) is 0 Å². The number of carbonyl (C=O) groups excluding carboxylic acids is 2. The van der Waals surface area contributed by atoms with E-state index >= 15 is 0 Å². The normalized spacial score (nSPS) is 16.6. The first-order valence-corrected chi connectivity index (χ1v) is 9.98. The molecule has 1 heterocycles. The first kappa shape index (κ1) is 22.1. The molecule has 0 unspecified atom stereocenters. The van der Waals surface area contributed by atoms with Crippen molar-refractivity contribution >= 4 is 27.5 Å². The van der Waals surface area contributed by atoms with Gasteiger partial charge < -0.3 is 10.6 Å². The number of piperidine rings is 1. The SMILES string of the molecule is NS(=O)(=O)c1ccc(NC(=O)CN2CCC(C(=O)NCC(F)(F)F)CC2)cc1. The molecule has 1 aliphatic rings. The Kier molecular flexibility index (Phi) is 7.01. The number of alkyl halides is 3. The van der Waals surface area contributed by atoms with Crippen molar-refractivity contribution in [1.82, 2.24) is 10.2 Å². The molecule has 1 fully saturated rings. The number of benzene rings is 1. The first-order chi connectivity index (χ1) is 12.9. The van der Waals surface area contributed by atoms with Gasteiger partial charge in [-0.2, -0.15) is 13.2 Å². The number of amides is 2. The third kappa shape index (κ3) is 7.09. The molecule has 1 saturated heterocycles. The van der Waals surface area contributed by atoms with Crippen LogP contribution >= 0.6 is 0 Å². The van der Waals surface area contributed by atoms with Gasteiger partial charge in [0, 0.05) is 11.6 Å². The molecular formula is C16H21F3N4O4S. The molecular weight excluding hydrogens is 401 g/mol. The van der Waals surface area contributed by atoms with Gasteiger partial charge in [0.1, 0.15) is 6.54 Å². The zero-order valence-electron chi connectivity index (χ0n) is 14.8. The van der Waals surface area contributed by atoms with E-state index in [1.165, 1.54) is 24.3 Å². The Hall–Kier alpha value is -2.18. The quantitative estimate of drug-likeness (QED) is 0.622. The summed E-state index contributed by atoms with van der Waals surface area (Å²) < 4.78 is 58.8. The van der Waals surface area contributed by atoms with E-state index in [1.54, 1.807) is 4.90 Å². The van der Waals surface area contributed by atoms with Crippen molar-refractivity contribution < 1.29 is 31.2 Å². The molecule has 2 amide bonds. The summed E-state index contributed by atoms with van der Waals surface area (Å²) in [5.74, 6) is -1.47. The highest BCUT2D eigenvalue weighted by molar-refractivity contribution is 7.89.